The van der Waals surface area contributed by atoms with E-state index in [0.29, 0.717) is 17.0 Å². The molecule has 0 aliphatic carbocycles. The number of hydrogen-bond donors (Lipinski definition) is 1. The van der Waals surface area contributed by atoms with E-state index in [-0.39, 0.29) is 0 Å². The zero-order valence-corrected chi connectivity index (χ0v) is 13.2. The Kier molecular flexibility index (Phi) is 5.96. The van der Waals surface area contributed by atoms with Crippen molar-refractivity contribution in [2.75, 3.05) is 25.0 Å². The standard InChI is InChI=1S/C16H21ClN4/c1-3-21(4-2)14(13-8-6-5-7-9-13)10-19-16-12-18-11-15(17)20-16/h5-9,11-12,14H,3-4,10H2,1-2H3,(H,19,20). The maximum atomic E-state index is 5.87. The van der Waals surface area contributed by atoms with Crippen LogP contribution in [0.5, 0.6) is 0 Å². The van der Waals surface area contributed by atoms with Gasteiger partial charge in [0.25, 0.3) is 0 Å². The molecular weight excluding hydrogens is 284 g/mol. The number of rotatable bonds is 7. The van der Waals surface area contributed by atoms with E-state index < -0.39 is 0 Å². The van der Waals surface area contributed by atoms with Crippen LogP contribution in [-0.2, 0) is 0 Å². The number of likely N-dealkylation sites (N-methyl/N-ethyl adjacent to an activating group) is 1. The molecule has 1 atom stereocenters. The highest BCUT2D eigenvalue weighted by molar-refractivity contribution is 6.29. The summed E-state index contributed by atoms with van der Waals surface area (Å²) in [7, 11) is 0. The van der Waals surface area contributed by atoms with Gasteiger partial charge in [-0.1, -0.05) is 55.8 Å². The van der Waals surface area contributed by atoms with E-state index in [9.17, 15) is 0 Å². The lowest BCUT2D eigenvalue weighted by molar-refractivity contribution is 0.228. The van der Waals surface area contributed by atoms with Crippen LogP contribution in [0.4, 0.5) is 5.82 Å². The normalized spacial score (nSPS) is 12.4. The minimum Gasteiger partial charge on any atom is -0.367 e. The topological polar surface area (TPSA) is 41.0 Å². The van der Waals surface area contributed by atoms with E-state index in [1.807, 2.05) is 6.07 Å². The van der Waals surface area contributed by atoms with Gasteiger partial charge < -0.3 is 5.32 Å². The second-order valence-electron chi connectivity index (χ2n) is 4.76. The Labute approximate surface area is 131 Å². The summed E-state index contributed by atoms with van der Waals surface area (Å²) in [5, 5.41) is 3.74. The molecule has 2 aromatic rings. The molecule has 0 aliphatic heterocycles. The van der Waals surface area contributed by atoms with Crippen LogP contribution < -0.4 is 5.32 Å². The molecule has 1 heterocycles. The van der Waals surface area contributed by atoms with E-state index in [1.165, 1.54) is 11.8 Å². The summed E-state index contributed by atoms with van der Waals surface area (Å²) < 4.78 is 0. The molecule has 0 spiro atoms. The van der Waals surface area contributed by atoms with Crippen molar-refractivity contribution in [1.82, 2.24) is 14.9 Å². The molecule has 0 aliphatic rings. The summed E-state index contributed by atoms with van der Waals surface area (Å²) in [5.74, 6) is 0.704. The first-order valence-electron chi connectivity index (χ1n) is 7.25. The number of halogens is 1. The van der Waals surface area contributed by atoms with Gasteiger partial charge in [-0.15, -0.1) is 0 Å². The SMILES string of the molecule is CCN(CC)C(CNc1cncc(Cl)n1)c1ccccc1. The average Bonchev–Trinajstić information content (AvgIpc) is 2.52. The number of nitrogens with one attached hydrogen (secondary N) is 1. The van der Waals surface area contributed by atoms with Crippen LogP contribution in [0, 0.1) is 0 Å². The Balaban J connectivity index is 2.13. The fourth-order valence-corrected chi connectivity index (χ4v) is 2.57. The van der Waals surface area contributed by atoms with Crippen molar-refractivity contribution >= 4 is 17.4 Å². The minimum atomic E-state index is 0.294. The zero-order valence-electron chi connectivity index (χ0n) is 12.5. The molecule has 112 valence electrons. The van der Waals surface area contributed by atoms with Crippen LogP contribution in [0.2, 0.25) is 5.15 Å². The smallest absolute Gasteiger partial charge is 0.149 e. The quantitative estimate of drug-likeness (QED) is 0.848. The van der Waals surface area contributed by atoms with Crippen LogP contribution in [0.15, 0.2) is 42.7 Å². The van der Waals surface area contributed by atoms with Gasteiger partial charge in [-0.25, -0.2) is 4.98 Å². The van der Waals surface area contributed by atoms with Crippen molar-refractivity contribution in [1.29, 1.82) is 0 Å². The maximum absolute atomic E-state index is 5.87. The molecule has 4 nitrogen and oxygen atoms in total. The molecule has 1 aromatic heterocycles. The van der Waals surface area contributed by atoms with Crippen molar-refractivity contribution in [2.24, 2.45) is 0 Å². The molecular formula is C16H21ClN4. The van der Waals surface area contributed by atoms with Crippen LogP contribution in [0.25, 0.3) is 0 Å². The monoisotopic (exact) mass is 304 g/mol. The van der Waals surface area contributed by atoms with E-state index in [4.69, 9.17) is 11.6 Å². The van der Waals surface area contributed by atoms with E-state index >= 15 is 0 Å². The molecule has 0 bridgehead atoms. The van der Waals surface area contributed by atoms with Gasteiger partial charge in [0, 0.05) is 6.54 Å². The molecule has 1 N–H and O–H groups in total. The van der Waals surface area contributed by atoms with Gasteiger partial charge in [-0.05, 0) is 18.7 Å². The highest BCUT2D eigenvalue weighted by Gasteiger charge is 2.17. The van der Waals surface area contributed by atoms with E-state index in [2.05, 4.69) is 58.3 Å². The third kappa shape index (κ3) is 4.41. The van der Waals surface area contributed by atoms with Crippen LogP contribution in [-0.4, -0.2) is 34.5 Å². The first kappa shape index (κ1) is 15.7. The van der Waals surface area contributed by atoms with Gasteiger partial charge in [0.2, 0.25) is 0 Å². The first-order valence-corrected chi connectivity index (χ1v) is 7.62. The predicted octanol–water partition coefficient (Wildman–Crippen LogP) is 3.63. The van der Waals surface area contributed by atoms with Crippen LogP contribution in [0.1, 0.15) is 25.5 Å². The Bertz CT molecular complexity index is 543. The molecule has 5 heteroatoms. The summed E-state index contributed by atoms with van der Waals surface area (Å²) in [6.07, 6.45) is 3.22. The number of anilines is 1. The van der Waals surface area contributed by atoms with E-state index in [1.54, 1.807) is 6.20 Å². The Hall–Kier alpha value is -1.65. The Morgan fingerprint density at radius 3 is 2.48 bits per heavy atom. The average molecular weight is 305 g/mol. The number of aromatic nitrogens is 2. The van der Waals surface area contributed by atoms with Gasteiger partial charge in [-0.3, -0.25) is 9.88 Å². The number of benzene rings is 1. The van der Waals surface area contributed by atoms with Crippen molar-refractivity contribution in [3.05, 3.63) is 53.4 Å². The van der Waals surface area contributed by atoms with Gasteiger partial charge in [0.15, 0.2) is 0 Å². The summed E-state index contributed by atoms with van der Waals surface area (Å²) in [6, 6.07) is 10.8. The van der Waals surface area contributed by atoms with Gasteiger partial charge in [0.1, 0.15) is 11.0 Å². The third-order valence-electron chi connectivity index (χ3n) is 3.52. The minimum absolute atomic E-state index is 0.294. The van der Waals surface area contributed by atoms with Crippen LogP contribution in [0.3, 0.4) is 0 Å². The Morgan fingerprint density at radius 2 is 1.86 bits per heavy atom. The second kappa shape index (κ2) is 7.96. The summed E-state index contributed by atoms with van der Waals surface area (Å²) in [6.45, 7) is 7.12. The molecule has 1 unspecified atom stereocenters. The molecule has 2 rings (SSSR count). The Morgan fingerprint density at radius 1 is 1.14 bits per heavy atom. The second-order valence-corrected chi connectivity index (χ2v) is 5.14. The summed E-state index contributed by atoms with van der Waals surface area (Å²) >= 11 is 5.87. The lowest BCUT2D eigenvalue weighted by Crippen LogP contribution is -2.33. The molecule has 0 saturated carbocycles. The summed E-state index contributed by atoms with van der Waals surface area (Å²) in [4.78, 5) is 10.7. The lowest BCUT2D eigenvalue weighted by atomic mass is 10.1. The van der Waals surface area contributed by atoms with Gasteiger partial charge in [-0.2, -0.15) is 0 Å². The fraction of sp³-hybridized carbons (Fsp3) is 0.375. The third-order valence-corrected chi connectivity index (χ3v) is 3.70. The first-order chi connectivity index (χ1) is 10.2. The van der Waals surface area contributed by atoms with Crippen LogP contribution >= 0.6 is 11.6 Å². The molecule has 0 saturated heterocycles. The van der Waals surface area contributed by atoms with Crippen molar-refractivity contribution in [2.45, 2.75) is 19.9 Å². The number of nitrogens with zero attached hydrogens (tertiary/aromatic N) is 3. The maximum Gasteiger partial charge on any atom is 0.149 e. The molecule has 1 aromatic carbocycles. The van der Waals surface area contributed by atoms with Crippen molar-refractivity contribution in [3.63, 3.8) is 0 Å². The molecule has 21 heavy (non-hydrogen) atoms. The predicted molar refractivity (Wildman–Crippen MR) is 87.6 cm³/mol. The fourth-order valence-electron chi connectivity index (χ4n) is 2.43. The van der Waals surface area contributed by atoms with Gasteiger partial charge in [0.05, 0.1) is 18.4 Å². The van der Waals surface area contributed by atoms with E-state index in [0.717, 1.165) is 19.6 Å². The molecule has 0 radical (unpaired) electrons. The highest BCUT2D eigenvalue weighted by atomic mass is 35.5. The molecule has 0 fully saturated rings. The lowest BCUT2D eigenvalue weighted by Gasteiger charge is -2.30. The highest BCUT2D eigenvalue weighted by Crippen LogP contribution is 2.21. The molecule has 0 amide bonds. The number of hydrogen-bond acceptors (Lipinski definition) is 4. The zero-order chi connectivity index (χ0) is 15.1. The van der Waals surface area contributed by atoms with Gasteiger partial charge >= 0.3 is 0 Å². The van der Waals surface area contributed by atoms with Crippen molar-refractivity contribution in [3.8, 4) is 0 Å². The summed E-state index contributed by atoms with van der Waals surface area (Å²) in [5.41, 5.74) is 1.30. The largest absolute Gasteiger partial charge is 0.367 e. The van der Waals surface area contributed by atoms with Crippen molar-refractivity contribution < 1.29 is 0 Å².